The van der Waals surface area contributed by atoms with Gasteiger partial charge in [-0.05, 0) is 35.9 Å². The Morgan fingerprint density at radius 3 is 2.06 bits per heavy atom. The molecule has 0 atom stereocenters. The minimum Gasteiger partial charge on any atom is -0.341 e. The van der Waals surface area contributed by atoms with E-state index >= 15 is 0 Å². The fourth-order valence-electron chi connectivity index (χ4n) is 3.29. The van der Waals surface area contributed by atoms with Gasteiger partial charge in [0.25, 0.3) is 11.5 Å². The molecule has 3 amide bonds. The summed E-state index contributed by atoms with van der Waals surface area (Å²) in [6, 6.07) is 22.8. The van der Waals surface area contributed by atoms with Crippen molar-refractivity contribution in [3.63, 3.8) is 0 Å². The number of fused-ring (bicyclic) bond motifs is 1. The molecule has 1 heterocycles. The number of anilines is 2. The maximum Gasteiger partial charge on any atom is 0.318 e. The van der Waals surface area contributed by atoms with E-state index in [0.29, 0.717) is 22.1 Å². The van der Waals surface area contributed by atoms with Crippen LogP contribution in [0.25, 0.3) is 10.8 Å². The first kappa shape index (κ1) is 20.8. The van der Waals surface area contributed by atoms with Crippen LogP contribution >= 0.6 is 0 Å². The SMILES string of the molecule is CNC(=O)Nc1ccc(NC(=O)c2nn(Cc3ccccc3)c(=O)c3ccccc23)cc1. The predicted octanol–water partition coefficient (Wildman–Crippen LogP) is 3.45. The Labute approximate surface area is 183 Å². The van der Waals surface area contributed by atoms with Crippen LogP contribution in [0.15, 0.2) is 83.7 Å². The van der Waals surface area contributed by atoms with Gasteiger partial charge in [0, 0.05) is 23.8 Å². The van der Waals surface area contributed by atoms with Crippen molar-refractivity contribution in [3.8, 4) is 0 Å². The molecule has 0 bridgehead atoms. The average molecular weight is 427 g/mol. The number of rotatable bonds is 5. The first-order valence-electron chi connectivity index (χ1n) is 9.99. The Morgan fingerprint density at radius 1 is 0.812 bits per heavy atom. The third-order valence-corrected chi connectivity index (χ3v) is 4.89. The van der Waals surface area contributed by atoms with Crippen molar-refractivity contribution in [1.29, 1.82) is 0 Å². The van der Waals surface area contributed by atoms with Gasteiger partial charge < -0.3 is 16.0 Å². The van der Waals surface area contributed by atoms with Crippen molar-refractivity contribution in [2.75, 3.05) is 17.7 Å². The van der Waals surface area contributed by atoms with E-state index in [2.05, 4.69) is 21.0 Å². The van der Waals surface area contributed by atoms with Crippen LogP contribution in [-0.2, 0) is 6.54 Å². The molecule has 0 saturated carbocycles. The summed E-state index contributed by atoms with van der Waals surface area (Å²) in [5.74, 6) is -0.435. The number of urea groups is 1. The number of nitrogens with zero attached hydrogens (tertiary/aromatic N) is 2. The Balaban J connectivity index is 1.65. The van der Waals surface area contributed by atoms with Crippen molar-refractivity contribution in [2.45, 2.75) is 6.54 Å². The zero-order valence-corrected chi connectivity index (χ0v) is 17.3. The average Bonchev–Trinajstić information content (AvgIpc) is 2.82. The quantitative estimate of drug-likeness (QED) is 0.454. The summed E-state index contributed by atoms with van der Waals surface area (Å²) in [4.78, 5) is 37.4. The lowest BCUT2D eigenvalue weighted by atomic mass is 10.1. The van der Waals surface area contributed by atoms with Gasteiger partial charge in [0.15, 0.2) is 5.69 Å². The molecule has 0 aliphatic heterocycles. The van der Waals surface area contributed by atoms with Gasteiger partial charge in [-0.15, -0.1) is 0 Å². The van der Waals surface area contributed by atoms with Crippen LogP contribution < -0.4 is 21.5 Å². The van der Waals surface area contributed by atoms with Crippen LogP contribution in [0.1, 0.15) is 16.1 Å². The van der Waals surface area contributed by atoms with Gasteiger partial charge in [-0.25, -0.2) is 9.48 Å². The Kier molecular flexibility index (Phi) is 5.94. The Hall–Kier alpha value is -4.46. The van der Waals surface area contributed by atoms with Crippen LogP contribution in [-0.4, -0.2) is 28.8 Å². The number of benzene rings is 3. The minimum atomic E-state index is -0.435. The molecule has 160 valence electrons. The lowest BCUT2D eigenvalue weighted by Crippen LogP contribution is -2.28. The van der Waals surface area contributed by atoms with E-state index < -0.39 is 5.91 Å². The molecule has 4 rings (SSSR count). The van der Waals surface area contributed by atoms with Gasteiger partial charge in [-0.3, -0.25) is 9.59 Å². The van der Waals surface area contributed by atoms with Gasteiger partial charge in [-0.1, -0.05) is 48.5 Å². The highest BCUT2D eigenvalue weighted by Crippen LogP contribution is 2.18. The topological polar surface area (TPSA) is 105 Å². The number of amides is 3. The maximum absolute atomic E-state index is 13.1. The summed E-state index contributed by atoms with van der Waals surface area (Å²) in [6.07, 6.45) is 0. The van der Waals surface area contributed by atoms with Crippen molar-refractivity contribution in [3.05, 3.63) is 100 Å². The lowest BCUT2D eigenvalue weighted by molar-refractivity contribution is 0.102. The zero-order chi connectivity index (χ0) is 22.5. The summed E-state index contributed by atoms with van der Waals surface area (Å²) in [5.41, 5.74) is 1.92. The summed E-state index contributed by atoms with van der Waals surface area (Å²) < 4.78 is 1.31. The van der Waals surface area contributed by atoms with Crippen LogP contribution in [0.2, 0.25) is 0 Å². The number of carbonyl (C=O) groups excluding carboxylic acids is 2. The fourth-order valence-corrected chi connectivity index (χ4v) is 3.29. The first-order chi connectivity index (χ1) is 15.5. The van der Waals surface area contributed by atoms with Gasteiger partial charge >= 0.3 is 6.03 Å². The molecule has 3 N–H and O–H groups in total. The molecular weight excluding hydrogens is 406 g/mol. The molecule has 0 fully saturated rings. The van der Waals surface area contributed by atoms with Crippen molar-refractivity contribution < 1.29 is 9.59 Å². The highest BCUT2D eigenvalue weighted by molar-refractivity contribution is 6.11. The van der Waals surface area contributed by atoms with E-state index in [9.17, 15) is 14.4 Å². The third kappa shape index (κ3) is 4.49. The van der Waals surface area contributed by atoms with Crippen LogP contribution in [0.5, 0.6) is 0 Å². The summed E-state index contributed by atoms with van der Waals surface area (Å²) in [7, 11) is 1.53. The second-order valence-electron chi connectivity index (χ2n) is 7.08. The Morgan fingerprint density at radius 2 is 1.41 bits per heavy atom. The normalized spacial score (nSPS) is 10.5. The number of hydrogen-bond donors (Lipinski definition) is 3. The van der Waals surface area contributed by atoms with Gasteiger partial charge in [0.1, 0.15) is 0 Å². The van der Waals surface area contributed by atoms with Crippen LogP contribution in [0.3, 0.4) is 0 Å². The van der Waals surface area contributed by atoms with Crippen molar-refractivity contribution >= 4 is 34.1 Å². The number of hydrogen-bond acceptors (Lipinski definition) is 4. The predicted molar refractivity (Wildman–Crippen MR) is 124 cm³/mol. The lowest BCUT2D eigenvalue weighted by Gasteiger charge is -2.12. The Bertz CT molecular complexity index is 1330. The van der Waals surface area contributed by atoms with E-state index in [-0.39, 0.29) is 23.8 Å². The molecule has 0 unspecified atom stereocenters. The highest BCUT2D eigenvalue weighted by Gasteiger charge is 2.17. The van der Waals surface area contributed by atoms with Crippen LogP contribution in [0, 0.1) is 0 Å². The molecule has 3 aromatic carbocycles. The smallest absolute Gasteiger partial charge is 0.318 e. The molecule has 0 saturated heterocycles. The molecule has 1 aromatic heterocycles. The molecular formula is C24H21N5O3. The zero-order valence-electron chi connectivity index (χ0n) is 17.3. The standard InChI is InChI=1S/C24H21N5O3/c1-25-24(32)27-18-13-11-17(12-14-18)26-22(30)21-19-9-5-6-10-20(19)23(31)29(28-21)15-16-7-3-2-4-8-16/h2-14H,15H2,1H3,(H,26,30)(H2,25,27,32). The fraction of sp³-hybridized carbons (Fsp3) is 0.0833. The number of aromatic nitrogens is 2. The molecule has 0 radical (unpaired) electrons. The van der Waals surface area contributed by atoms with Gasteiger partial charge in [-0.2, -0.15) is 5.10 Å². The van der Waals surface area contributed by atoms with E-state index in [1.807, 2.05) is 30.3 Å². The molecule has 0 aliphatic carbocycles. The van der Waals surface area contributed by atoms with E-state index in [0.717, 1.165) is 5.56 Å². The number of nitrogens with one attached hydrogen (secondary N) is 3. The van der Waals surface area contributed by atoms with Crippen molar-refractivity contribution in [2.24, 2.45) is 0 Å². The summed E-state index contributed by atoms with van der Waals surface area (Å²) >= 11 is 0. The maximum atomic E-state index is 13.1. The molecule has 4 aromatic rings. The minimum absolute atomic E-state index is 0.156. The van der Waals surface area contributed by atoms with Gasteiger partial charge in [0.05, 0.1) is 11.9 Å². The number of carbonyl (C=O) groups is 2. The second-order valence-corrected chi connectivity index (χ2v) is 7.08. The molecule has 8 nitrogen and oxygen atoms in total. The van der Waals surface area contributed by atoms with E-state index in [1.165, 1.54) is 11.7 Å². The second kappa shape index (κ2) is 9.13. The largest absolute Gasteiger partial charge is 0.341 e. The van der Waals surface area contributed by atoms with Crippen LogP contribution in [0.4, 0.5) is 16.2 Å². The molecule has 0 spiro atoms. The molecule has 0 aliphatic rings. The van der Waals surface area contributed by atoms with E-state index in [1.54, 1.807) is 48.5 Å². The monoisotopic (exact) mass is 427 g/mol. The van der Waals surface area contributed by atoms with E-state index in [4.69, 9.17) is 0 Å². The third-order valence-electron chi connectivity index (χ3n) is 4.89. The first-order valence-corrected chi connectivity index (χ1v) is 9.99. The summed E-state index contributed by atoms with van der Waals surface area (Å²) in [6.45, 7) is 0.255. The molecule has 32 heavy (non-hydrogen) atoms. The van der Waals surface area contributed by atoms with Crippen molar-refractivity contribution in [1.82, 2.24) is 15.1 Å². The highest BCUT2D eigenvalue weighted by atomic mass is 16.2. The van der Waals surface area contributed by atoms with Gasteiger partial charge in [0.2, 0.25) is 0 Å². The summed E-state index contributed by atoms with van der Waals surface area (Å²) in [5, 5.41) is 13.2. The molecule has 8 heteroatoms.